The van der Waals surface area contributed by atoms with Gasteiger partial charge in [-0.15, -0.1) is 0 Å². The molecule has 0 N–H and O–H groups in total. The van der Waals surface area contributed by atoms with Crippen LogP contribution in [0, 0.1) is 6.92 Å². The second-order valence-electron chi connectivity index (χ2n) is 10.2. The Kier molecular flexibility index (Phi) is 9.04. The number of carbonyl (C=O) groups is 2. The Hall–Kier alpha value is -4.10. The summed E-state index contributed by atoms with van der Waals surface area (Å²) in [5, 5.41) is 4.75. The van der Waals surface area contributed by atoms with Crippen molar-refractivity contribution >= 4 is 23.4 Å². The molecule has 41 heavy (non-hydrogen) atoms. The quantitative estimate of drug-likeness (QED) is 0.267. The third kappa shape index (κ3) is 6.30. The summed E-state index contributed by atoms with van der Waals surface area (Å²) in [5.41, 5.74) is 3.08. The molecule has 8 heteroatoms. The van der Waals surface area contributed by atoms with Crippen LogP contribution in [0.4, 0.5) is 0 Å². The van der Waals surface area contributed by atoms with Crippen LogP contribution >= 0.6 is 11.6 Å². The number of halogens is 1. The monoisotopic (exact) mass is 571 g/mol. The van der Waals surface area contributed by atoms with Crippen LogP contribution in [0.3, 0.4) is 0 Å². The van der Waals surface area contributed by atoms with Crippen LogP contribution in [-0.2, 0) is 6.42 Å². The van der Waals surface area contributed by atoms with E-state index in [1.165, 1.54) is 0 Å². The van der Waals surface area contributed by atoms with Crippen molar-refractivity contribution in [3.63, 3.8) is 0 Å². The van der Waals surface area contributed by atoms with Crippen LogP contribution in [0.2, 0.25) is 5.02 Å². The standard InChI is InChI=1S/C33H34ClN3O4/c1-3-36-19-11-12-20-37(33(39)30-23(2)41-35-31(30)26-15-7-9-17-28(26)34)25(21-24-13-5-4-6-14-24)22-40-29-18-10-8-16-27(29)32(36)38/h4-10,13-18,25H,3,11-12,19-22H2,1-2H3/t25-/m1/s1. The summed E-state index contributed by atoms with van der Waals surface area (Å²) in [6.07, 6.45) is 2.05. The van der Waals surface area contributed by atoms with Crippen molar-refractivity contribution < 1.29 is 18.8 Å². The summed E-state index contributed by atoms with van der Waals surface area (Å²) in [7, 11) is 0. The minimum atomic E-state index is -0.317. The first-order chi connectivity index (χ1) is 20.0. The van der Waals surface area contributed by atoms with E-state index in [0.29, 0.717) is 71.4 Å². The molecule has 0 saturated heterocycles. The van der Waals surface area contributed by atoms with Crippen LogP contribution in [0.1, 0.15) is 51.8 Å². The highest BCUT2D eigenvalue weighted by atomic mass is 35.5. The number of aryl methyl sites for hydroxylation is 1. The zero-order chi connectivity index (χ0) is 28.8. The molecule has 2 heterocycles. The van der Waals surface area contributed by atoms with E-state index in [0.717, 1.165) is 12.0 Å². The Labute approximate surface area is 245 Å². The third-order valence-corrected chi connectivity index (χ3v) is 7.85. The molecule has 0 spiro atoms. The summed E-state index contributed by atoms with van der Waals surface area (Å²) >= 11 is 6.52. The topological polar surface area (TPSA) is 75.9 Å². The highest BCUT2D eigenvalue weighted by molar-refractivity contribution is 6.33. The lowest BCUT2D eigenvalue weighted by Gasteiger charge is -2.33. The zero-order valence-electron chi connectivity index (χ0n) is 23.4. The van der Waals surface area contributed by atoms with Crippen molar-refractivity contribution in [3.8, 4) is 17.0 Å². The van der Waals surface area contributed by atoms with Gasteiger partial charge >= 0.3 is 0 Å². The van der Waals surface area contributed by atoms with Gasteiger partial charge in [0.2, 0.25) is 0 Å². The van der Waals surface area contributed by atoms with Gasteiger partial charge in [-0.2, -0.15) is 0 Å². The lowest BCUT2D eigenvalue weighted by atomic mass is 10.0. The number of nitrogens with zero attached hydrogens (tertiary/aromatic N) is 3. The van der Waals surface area contributed by atoms with Gasteiger partial charge in [0.05, 0.1) is 16.6 Å². The predicted molar refractivity (Wildman–Crippen MR) is 159 cm³/mol. The van der Waals surface area contributed by atoms with E-state index in [1.807, 2.05) is 71.3 Å². The molecule has 1 aliphatic rings. The largest absolute Gasteiger partial charge is 0.491 e. The van der Waals surface area contributed by atoms with E-state index in [4.69, 9.17) is 20.9 Å². The maximum atomic E-state index is 14.5. The summed E-state index contributed by atoms with van der Waals surface area (Å²) in [5.74, 6) is 0.723. The van der Waals surface area contributed by atoms with Crippen LogP contribution < -0.4 is 4.74 Å². The maximum absolute atomic E-state index is 14.5. The molecule has 0 unspecified atom stereocenters. The molecule has 1 aliphatic heterocycles. The van der Waals surface area contributed by atoms with Crippen molar-refractivity contribution in [3.05, 3.63) is 106 Å². The van der Waals surface area contributed by atoms with Gasteiger partial charge in [-0.3, -0.25) is 9.59 Å². The number of fused-ring (bicyclic) bond motifs is 1. The molecule has 4 aromatic rings. The minimum Gasteiger partial charge on any atom is -0.491 e. The van der Waals surface area contributed by atoms with Gasteiger partial charge in [0, 0.05) is 25.2 Å². The lowest BCUT2D eigenvalue weighted by molar-refractivity contribution is 0.0585. The normalized spacial score (nSPS) is 16.4. The first kappa shape index (κ1) is 28.4. The van der Waals surface area contributed by atoms with E-state index >= 15 is 0 Å². The highest BCUT2D eigenvalue weighted by Gasteiger charge is 2.32. The number of ether oxygens (including phenoxy) is 1. The molecule has 0 saturated carbocycles. The molecule has 1 aromatic heterocycles. The first-order valence-electron chi connectivity index (χ1n) is 14.0. The molecule has 2 amide bonds. The third-order valence-electron chi connectivity index (χ3n) is 7.52. The average molecular weight is 572 g/mol. The van der Waals surface area contributed by atoms with E-state index in [-0.39, 0.29) is 24.5 Å². The fourth-order valence-corrected chi connectivity index (χ4v) is 5.54. The van der Waals surface area contributed by atoms with Gasteiger partial charge in [0.25, 0.3) is 11.8 Å². The number of rotatable bonds is 5. The number of hydrogen-bond acceptors (Lipinski definition) is 5. The molecule has 0 radical (unpaired) electrons. The molecular weight excluding hydrogens is 538 g/mol. The fraction of sp³-hybridized carbons (Fsp3) is 0.303. The van der Waals surface area contributed by atoms with Crippen molar-refractivity contribution in [2.45, 2.75) is 39.2 Å². The molecule has 1 atom stereocenters. The van der Waals surface area contributed by atoms with E-state index in [9.17, 15) is 9.59 Å². The summed E-state index contributed by atoms with van der Waals surface area (Å²) in [4.78, 5) is 31.6. The second kappa shape index (κ2) is 13.0. The minimum absolute atomic E-state index is 0.0410. The Morgan fingerprint density at radius 3 is 2.39 bits per heavy atom. The van der Waals surface area contributed by atoms with Gasteiger partial charge in [0.1, 0.15) is 29.4 Å². The van der Waals surface area contributed by atoms with Crippen molar-refractivity contribution in [1.82, 2.24) is 15.0 Å². The maximum Gasteiger partial charge on any atom is 0.260 e. The molecule has 0 fully saturated rings. The number of carbonyl (C=O) groups excluding carboxylic acids is 2. The van der Waals surface area contributed by atoms with Crippen LogP contribution in [0.5, 0.6) is 5.75 Å². The Morgan fingerprint density at radius 1 is 0.951 bits per heavy atom. The first-order valence-corrected chi connectivity index (χ1v) is 14.4. The van der Waals surface area contributed by atoms with E-state index < -0.39 is 0 Å². The van der Waals surface area contributed by atoms with Gasteiger partial charge < -0.3 is 19.1 Å². The number of benzene rings is 3. The molecule has 0 bridgehead atoms. The molecule has 5 rings (SSSR count). The molecular formula is C33H34ClN3O4. The number of para-hydroxylation sites is 1. The van der Waals surface area contributed by atoms with Crippen LogP contribution in [0.25, 0.3) is 11.3 Å². The lowest BCUT2D eigenvalue weighted by Crippen LogP contribution is -2.46. The zero-order valence-corrected chi connectivity index (χ0v) is 24.1. The van der Waals surface area contributed by atoms with Crippen molar-refractivity contribution in [2.24, 2.45) is 0 Å². The number of hydrogen-bond donors (Lipinski definition) is 0. The summed E-state index contributed by atoms with van der Waals surface area (Å²) < 4.78 is 11.9. The molecule has 7 nitrogen and oxygen atoms in total. The Morgan fingerprint density at radius 2 is 1.63 bits per heavy atom. The van der Waals surface area contributed by atoms with Gasteiger partial charge in [-0.05, 0) is 56.9 Å². The fourth-order valence-electron chi connectivity index (χ4n) is 5.31. The van der Waals surface area contributed by atoms with E-state index in [2.05, 4.69) is 17.3 Å². The van der Waals surface area contributed by atoms with Gasteiger partial charge in [-0.25, -0.2) is 0 Å². The van der Waals surface area contributed by atoms with Gasteiger partial charge in [-0.1, -0.05) is 77.4 Å². The highest BCUT2D eigenvalue weighted by Crippen LogP contribution is 2.33. The average Bonchev–Trinajstić information content (AvgIpc) is 3.38. The van der Waals surface area contributed by atoms with Crippen molar-refractivity contribution in [2.75, 3.05) is 26.2 Å². The smallest absolute Gasteiger partial charge is 0.260 e. The van der Waals surface area contributed by atoms with Gasteiger partial charge in [0.15, 0.2) is 0 Å². The Bertz CT molecular complexity index is 1500. The summed E-state index contributed by atoms with van der Waals surface area (Å²) in [6.45, 7) is 5.60. The van der Waals surface area contributed by atoms with Crippen LogP contribution in [0.15, 0.2) is 83.4 Å². The second-order valence-corrected chi connectivity index (χ2v) is 10.6. The number of aromatic nitrogens is 1. The van der Waals surface area contributed by atoms with E-state index in [1.54, 1.807) is 19.1 Å². The number of amides is 2. The SMILES string of the molecule is CCN1CCCCN(C(=O)c2c(-c3ccccc3Cl)noc2C)[C@H](Cc2ccccc2)COc2ccccc2C1=O. The molecule has 0 aliphatic carbocycles. The molecule has 212 valence electrons. The van der Waals surface area contributed by atoms with Crippen LogP contribution in [-0.4, -0.2) is 59.1 Å². The molecule has 3 aromatic carbocycles. The Balaban J connectivity index is 1.56. The van der Waals surface area contributed by atoms with Crippen molar-refractivity contribution in [1.29, 1.82) is 0 Å². The predicted octanol–water partition coefficient (Wildman–Crippen LogP) is 6.69. The summed E-state index contributed by atoms with van der Waals surface area (Å²) in [6, 6.07) is 24.4.